The molecule has 2 N–H and O–H groups in total. The van der Waals surface area contributed by atoms with Gasteiger partial charge in [-0.25, -0.2) is 0 Å². The van der Waals surface area contributed by atoms with E-state index in [4.69, 9.17) is 4.42 Å². The van der Waals surface area contributed by atoms with Gasteiger partial charge in [-0.1, -0.05) is 18.2 Å². The van der Waals surface area contributed by atoms with Crippen molar-refractivity contribution >= 4 is 17.6 Å². The van der Waals surface area contributed by atoms with Crippen molar-refractivity contribution < 1.29 is 4.42 Å². The average molecular weight is 310 g/mol. The third-order valence-electron chi connectivity index (χ3n) is 3.30. The number of anilines is 1. The van der Waals surface area contributed by atoms with E-state index in [0.717, 1.165) is 23.6 Å². The van der Waals surface area contributed by atoms with Gasteiger partial charge in [0.2, 0.25) is 0 Å². The molecule has 3 aromatic rings. The van der Waals surface area contributed by atoms with Crippen LogP contribution in [0.25, 0.3) is 11.3 Å². The quantitative estimate of drug-likeness (QED) is 0.642. The van der Waals surface area contributed by atoms with E-state index in [2.05, 4.69) is 40.4 Å². The van der Waals surface area contributed by atoms with Gasteiger partial charge in [0.15, 0.2) is 0 Å². The lowest BCUT2D eigenvalue weighted by Gasteiger charge is -2.12. The zero-order chi connectivity index (χ0) is 15.2. The molecule has 112 valence electrons. The van der Waals surface area contributed by atoms with E-state index in [1.54, 1.807) is 18.2 Å². The maximum atomic E-state index is 5.48. The Bertz CT molecular complexity index is 711. The number of rotatable bonds is 6. The second kappa shape index (κ2) is 7.20. The summed E-state index contributed by atoms with van der Waals surface area (Å²) in [6, 6.07) is 20.5. The Morgan fingerprint density at radius 1 is 1.00 bits per heavy atom. The maximum absolute atomic E-state index is 5.48. The molecule has 0 bridgehead atoms. The van der Waals surface area contributed by atoms with E-state index in [1.807, 2.05) is 37.4 Å². The van der Waals surface area contributed by atoms with Crippen LogP contribution in [-0.4, -0.2) is 7.05 Å². The highest BCUT2D eigenvalue weighted by molar-refractivity contribution is 8.00. The molecule has 2 aromatic carbocycles. The Balaban J connectivity index is 1.81. The van der Waals surface area contributed by atoms with Crippen LogP contribution in [0.15, 0.2) is 76.2 Å². The first-order chi connectivity index (χ1) is 10.9. The van der Waals surface area contributed by atoms with Crippen molar-refractivity contribution in [2.24, 2.45) is 0 Å². The standard InChI is InChI=1S/C18H18N2OS/c1-19-13-15-12-14(18-8-5-11-21-18)9-10-17(15)20-22-16-6-3-2-4-7-16/h2-12,19-20H,13H2,1H3. The fourth-order valence-electron chi connectivity index (χ4n) is 2.23. The topological polar surface area (TPSA) is 37.2 Å². The predicted octanol–water partition coefficient (Wildman–Crippen LogP) is 4.79. The van der Waals surface area contributed by atoms with Crippen LogP contribution < -0.4 is 10.0 Å². The van der Waals surface area contributed by atoms with Crippen LogP contribution in [0, 0.1) is 0 Å². The van der Waals surface area contributed by atoms with Crippen LogP contribution in [-0.2, 0) is 6.54 Å². The summed E-state index contributed by atoms with van der Waals surface area (Å²) in [5, 5.41) is 3.22. The Morgan fingerprint density at radius 2 is 1.86 bits per heavy atom. The zero-order valence-electron chi connectivity index (χ0n) is 12.4. The SMILES string of the molecule is CNCc1cc(-c2ccco2)ccc1NSc1ccccc1. The molecule has 0 aliphatic carbocycles. The van der Waals surface area contributed by atoms with E-state index in [9.17, 15) is 0 Å². The number of nitrogens with one attached hydrogen (secondary N) is 2. The van der Waals surface area contributed by atoms with Crippen LogP contribution in [0.5, 0.6) is 0 Å². The molecule has 0 saturated carbocycles. The van der Waals surface area contributed by atoms with E-state index in [-0.39, 0.29) is 0 Å². The van der Waals surface area contributed by atoms with Crippen molar-refractivity contribution in [3.63, 3.8) is 0 Å². The van der Waals surface area contributed by atoms with Gasteiger partial charge in [0.05, 0.1) is 6.26 Å². The third-order valence-corrected chi connectivity index (χ3v) is 4.13. The first-order valence-electron chi connectivity index (χ1n) is 7.16. The number of hydrogen-bond donors (Lipinski definition) is 2. The molecule has 0 spiro atoms. The molecule has 0 aliphatic rings. The minimum absolute atomic E-state index is 0.798. The third kappa shape index (κ3) is 3.53. The Labute approximate surface area is 134 Å². The summed E-state index contributed by atoms with van der Waals surface area (Å²) in [5.41, 5.74) is 3.41. The molecular formula is C18H18N2OS. The number of benzene rings is 2. The monoisotopic (exact) mass is 310 g/mol. The molecule has 0 fully saturated rings. The van der Waals surface area contributed by atoms with Crippen LogP contribution >= 0.6 is 11.9 Å². The summed E-state index contributed by atoms with van der Waals surface area (Å²) in [6.07, 6.45) is 1.70. The molecule has 0 radical (unpaired) electrons. The van der Waals surface area contributed by atoms with Crippen molar-refractivity contribution in [3.05, 3.63) is 72.5 Å². The highest BCUT2D eigenvalue weighted by atomic mass is 32.2. The van der Waals surface area contributed by atoms with E-state index >= 15 is 0 Å². The molecule has 0 unspecified atom stereocenters. The average Bonchev–Trinajstić information content (AvgIpc) is 3.09. The minimum Gasteiger partial charge on any atom is -0.464 e. The molecule has 22 heavy (non-hydrogen) atoms. The molecule has 3 nitrogen and oxygen atoms in total. The summed E-state index contributed by atoms with van der Waals surface area (Å²) in [4.78, 5) is 1.19. The second-order valence-corrected chi connectivity index (χ2v) is 5.78. The summed E-state index contributed by atoms with van der Waals surface area (Å²) in [5.74, 6) is 0.889. The van der Waals surface area contributed by atoms with Gasteiger partial charge in [0, 0.05) is 22.7 Å². The fraction of sp³-hybridized carbons (Fsp3) is 0.111. The largest absolute Gasteiger partial charge is 0.464 e. The van der Waals surface area contributed by atoms with Gasteiger partial charge in [0.1, 0.15) is 5.76 Å². The maximum Gasteiger partial charge on any atom is 0.133 e. The highest BCUT2D eigenvalue weighted by Crippen LogP contribution is 2.28. The van der Waals surface area contributed by atoms with Gasteiger partial charge in [-0.2, -0.15) is 0 Å². The van der Waals surface area contributed by atoms with E-state index in [1.165, 1.54) is 10.5 Å². The Morgan fingerprint density at radius 3 is 2.59 bits per heavy atom. The zero-order valence-corrected chi connectivity index (χ0v) is 13.2. The molecule has 1 aromatic heterocycles. The molecular weight excluding hydrogens is 292 g/mol. The first-order valence-corrected chi connectivity index (χ1v) is 7.98. The van der Waals surface area contributed by atoms with Crippen molar-refractivity contribution in [2.75, 3.05) is 11.8 Å². The van der Waals surface area contributed by atoms with Crippen LogP contribution in [0.4, 0.5) is 5.69 Å². The Kier molecular flexibility index (Phi) is 4.83. The molecule has 0 aliphatic heterocycles. The van der Waals surface area contributed by atoms with Crippen LogP contribution in [0.2, 0.25) is 0 Å². The van der Waals surface area contributed by atoms with Gasteiger partial charge in [-0.3, -0.25) is 0 Å². The van der Waals surface area contributed by atoms with Crippen molar-refractivity contribution in [2.45, 2.75) is 11.4 Å². The second-order valence-electron chi connectivity index (χ2n) is 4.90. The fourth-order valence-corrected chi connectivity index (χ4v) is 2.95. The molecule has 0 saturated heterocycles. The minimum atomic E-state index is 0.798. The van der Waals surface area contributed by atoms with Crippen molar-refractivity contribution in [1.82, 2.24) is 5.32 Å². The predicted molar refractivity (Wildman–Crippen MR) is 92.8 cm³/mol. The van der Waals surface area contributed by atoms with Crippen LogP contribution in [0.3, 0.4) is 0 Å². The number of furan rings is 1. The van der Waals surface area contributed by atoms with Gasteiger partial charge in [0.25, 0.3) is 0 Å². The van der Waals surface area contributed by atoms with Crippen molar-refractivity contribution in [1.29, 1.82) is 0 Å². The molecule has 0 amide bonds. The molecule has 0 atom stereocenters. The van der Waals surface area contributed by atoms with Gasteiger partial charge < -0.3 is 14.5 Å². The molecule has 1 heterocycles. The number of hydrogen-bond acceptors (Lipinski definition) is 4. The van der Waals surface area contributed by atoms with E-state index in [0.29, 0.717) is 0 Å². The van der Waals surface area contributed by atoms with E-state index < -0.39 is 0 Å². The molecule has 4 heteroatoms. The normalized spacial score (nSPS) is 10.6. The van der Waals surface area contributed by atoms with Crippen LogP contribution in [0.1, 0.15) is 5.56 Å². The van der Waals surface area contributed by atoms with Crippen molar-refractivity contribution in [3.8, 4) is 11.3 Å². The summed E-state index contributed by atoms with van der Waals surface area (Å²) < 4.78 is 8.91. The Hall–Kier alpha value is -2.17. The summed E-state index contributed by atoms with van der Waals surface area (Å²) in [7, 11) is 1.95. The highest BCUT2D eigenvalue weighted by Gasteiger charge is 2.07. The van der Waals surface area contributed by atoms with Gasteiger partial charge in [-0.05, 0) is 67.0 Å². The first kappa shape index (κ1) is 14.8. The lowest BCUT2D eigenvalue weighted by atomic mass is 10.1. The van der Waals surface area contributed by atoms with Gasteiger partial charge in [-0.15, -0.1) is 0 Å². The lowest BCUT2D eigenvalue weighted by molar-refractivity contribution is 0.582. The van der Waals surface area contributed by atoms with Gasteiger partial charge >= 0.3 is 0 Å². The lowest BCUT2D eigenvalue weighted by Crippen LogP contribution is -2.07. The summed E-state index contributed by atoms with van der Waals surface area (Å²) >= 11 is 1.62. The molecule has 3 rings (SSSR count). The smallest absolute Gasteiger partial charge is 0.133 e. The summed E-state index contributed by atoms with van der Waals surface area (Å²) in [6.45, 7) is 0.798.